The van der Waals surface area contributed by atoms with E-state index in [1.807, 2.05) is 50.5 Å². The number of carbonyl (C=O) groups excluding carboxylic acids is 2. The minimum Gasteiger partial charge on any atom is -0.310 e. The number of thiazole rings is 1. The summed E-state index contributed by atoms with van der Waals surface area (Å²) < 4.78 is 1.97. The van der Waals surface area contributed by atoms with E-state index in [9.17, 15) is 9.59 Å². The van der Waals surface area contributed by atoms with Gasteiger partial charge >= 0.3 is 0 Å². The van der Waals surface area contributed by atoms with E-state index in [2.05, 4.69) is 20.6 Å². The Kier molecular flexibility index (Phi) is 5.55. The number of nitrogens with one attached hydrogen (secondary N) is 2. The molecule has 0 aliphatic heterocycles. The van der Waals surface area contributed by atoms with Crippen LogP contribution in [-0.2, 0) is 22.6 Å². The number of anilines is 2. The lowest BCUT2D eigenvalue weighted by atomic mass is 10.2. The second-order valence-electron chi connectivity index (χ2n) is 6.68. The zero-order valence-corrected chi connectivity index (χ0v) is 16.7. The predicted octanol–water partition coefficient (Wildman–Crippen LogP) is 3.60. The van der Waals surface area contributed by atoms with Gasteiger partial charge in [-0.15, -0.1) is 11.3 Å². The molecule has 0 saturated carbocycles. The molecule has 1 aromatic carbocycles. The van der Waals surface area contributed by atoms with Crippen molar-refractivity contribution in [3.8, 4) is 0 Å². The maximum atomic E-state index is 12.4. The summed E-state index contributed by atoms with van der Waals surface area (Å²) >= 11 is 1.31. The molecule has 0 atom stereocenters. The molecular formula is C19H23N5O2S. The quantitative estimate of drug-likeness (QED) is 0.678. The molecule has 2 aromatic heterocycles. The van der Waals surface area contributed by atoms with E-state index in [0.717, 1.165) is 16.6 Å². The van der Waals surface area contributed by atoms with E-state index < -0.39 is 0 Å². The number of benzene rings is 1. The van der Waals surface area contributed by atoms with Crippen LogP contribution >= 0.6 is 11.3 Å². The number of imidazole rings is 1. The van der Waals surface area contributed by atoms with Crippen LogP contribution in [0.5, 0.6) is 0 Å². The first-order chi connectivity index (χ1) is 12.9. The molecular weight excluding hydrogens is 362 g/mol. The second-order valence-corrected chi connectivity index (χ2v) is 7.54. The lowest BCUT2D eigenvalue weighted by Gasteiger charge is -2.07. The Labute approximate surface area is 161 Å². The average molecular weight is 385 g/mol. The Hall–Kier alpha value is -2.74. The molecule has 0 radical (unpaired) electrons. The van der Waals surface area contributed by atoms with Crippen LogP contribution in [-0.4, -0.2) is 26.3 Å². The van der Waals surface area contributed by atoms with E-state index in [-0.39, 0.29) is 24.2 Å². The predicted molar refractivity (Wildman–Crippen MR) is 108 cm³/mol. The van der Waals surface area contributed by atoms with Gasteiger partial charge in [-0.1, -0.05) is 19.9 Å². The van der Waals surface area contributed by atoms with Crippen molar-refractivity contribution < 1.29 is 9.59 Å². The van der Waals surface area contributed by atoms with E-state index in [1.165, 1.54) is 11.3 Å². The van der Waals surface area contributed by atoms with E-state index in [1.54, 1.807) is 5.38 Å². The van der Waals surface area contributed by atoms with E-state index in [4.69, 9.17) is 0 Å². The van der Waals surface area contributed by atoms with Gasteiger partial charge in [0.05, 0.1) is 23.1 Å². The first-order valence-corrected chi connectivity index (χ1v) is 9.77. The first kappa shape index (κ1) is 19.0. The first-order valence-electron chi connectivity index (χ1n) is 8.89. The molecule has 2 heterocycles. The molecule has 3 rings (SSSR count). The van der Waals surface area contributed by atoms with Gasteiger partial charge in [0.15, 0.2) is 5.13 Å². The molecule has 8 heteroatoms. The minimum absolute atomic E-state index is 0.0905. The molecule has 0 fully saturated rings. The van der Waals surface area contributed by atoms with Gasteiger partial charge in [-0.2, -0.15) is 0 Å². The van der Waals surface area contributed by atoms with Gasteiger partial charge in [0, 0.05) is 17.8 Å². The molecule has 7 nitrogen and oxygen atoms in total. The number of nitrogens with zero attached hydrogens (tertiary/aromatic N) is 3. The molecule has 0 aliphatic rings. The molecule has 3 aromatic rings. The Morgan fingerprint density at radius 3 is 2.70 bits per heavy atom. The van der Waals surface area contributed by atoms with Crippen LogP contribution in [0, 0.1) is 12.8 Å². The number of fused-ring (bicyclic) bond motifs is 1. The van der Waals surface area contributed by atoms with E-state index in [0.29, 0.717) is 23.3 Å². The zero-order chi connectivity index (χ0) is 19.6. The number of rotatable bonds is 6. The molecule has 0 saturated heterocycles. The minimum atomic E-state index is -0.191. The standard InChI is InChI=1S/C19H23N5O2S/c1-5-24-15-7-6-12(4)8-14(15)21-18(24)22-16(25)9-13-10-27-19(20-13)23-17(26)11(2)3/h6-8,10-11H,5,9H2,1-4H3,(H,20,23,26)(H,21,22,25). The molecule has 27 heavy (non-hydrogen) atoms. The summed E-state index contributed by atoms with van der Waals surface area (Å²) in [5.41, 5.74) is 3.59. The number of aryl methyl sites for hydroxylation is 2. The van der Waals surface area contributed by atoms with Crippen LogP contribution < -0.4 is 10.6 Å². The van der Waals surface area contributed by atoms with Crippen molar-refractivity contribution in [2.75, 3.05) is 10.6 Å². The fraction of sp³-hybridized carbons (Fsp3) is 0.368. The maximum absolute atomic E-state index is 12.4. The van der Waals surface area contributed by atoms with Crippen LogP contribution in [0.2, 0.25) is 0 Å². The monoisotopic (exact) mass is 385 g/mol. The van der Waals surface area contributed by atoms with Gasteiger partial charge in [0.1, 0.15) is 0 Å². The number of carbonyl (C=O) groups is 2. The Morgan fingerprint density at radius 1 is 1.22 bits per heavy atom. The van der Waals surface area contributed by atoms with Gasteiger partial charge < -0.3 is 9.88 Å². The maximum Gasteiger partial charge on any atom is 0.232 e. The Bertz CT molecular complexity index is 989. The Balaban J connectivity index is 1.70. The van der Waals surface area contributed by atoms with Gasteiger partial charge in [-0.05, 0) is 31.5 Å². The molecule has 142 valence electrons. The summed E-state index contributed by atoms with van der Waals surface area (Å²) in [5, 5.41) is 7.91. The van der Waals surface area contributed by atoms with Crippen molar-refractivity contribution in [2.45, 2.75) is 40.7 Å². The fourth-order valence-electron chi connectivity index (χ4n) is 2.68. The van der Waals surface area contributed by atoms with E-state index >= 15 is 0 Å². The molecule has 0 spiro atoms. The number of aromatic nitrogens is 3. The highest BCUT2D eigenvalue weighted by atomic mass is 32.1. The average Bonchev–Trinajstić information content (AvgIpc) is 3.17. The summed E-state index contributed by atoms with van der Waals surface area (Å²) in [6.45, 7) is 8.37. The van der Waals surface area contributed by atoms with Crippen LogP contribution in [0.15, 0.2) is 23.6 Å². The summed E-state index contributed by atoms with van der Waals surface area (Å²) in [6, 6.07) is 6.05. The smallest absolute Gasteiger partial charge is 0.232 e. The lowest BCUT2D eigenvalue weighted by Crippen LogP contribution is -2.19. The van der Waals surface area contributed by atoms with Crippen molar-refractivity contribution in [3.05, 3.63) is 34.8 Å². The van der Waals surface area contributed by atoms with Crippen molar-refractivity contribution in [1.29, 1.82) is 0 Å². The number of amides is 2. The van der Waals surface area contributed by atoms with Crippen molar-refractivity contribution in [3.63, 3.8) is 0 Å². The topological polar surface area (TPSA) is 88.9 Å². The Morgan fingerprint density at radius 2 is 2.00 bits per heavy atom. The highest BCUT2D eigenvalue weighted by molar-refractivity contribution is 7.13. The molecule has 2 amide bonds. The van der Waals surface area contributed by atoms with Crippen molar-refractivity contribution in [1.82, 2.24) is 14.5 Å². The molecule has 0 bridgehead atoms. The van der Waals surface area contributed by atoms with Crippen LogP contribution in [0.25, 0.3) is 11.0 Å². The summed E-state index contributed by atoms with van der Waals surface area (Å²) in [4.78, 5) is 33.0. The van der Waals surface area contributed by atoms with Gasteiger partial charge in [-0.25, -0.2) is 9.97 Å². The number of hydrogen-bond donors (Lipinski definition) is 2. The highest BCUT2D eigenvalue weighted by Gasteiger charge is 2.15. The third-order valence-corrected chi connectivity index (χ3v) is 4.93. The molecule has 0 unspecified atom stereocenters. The highest BCUT2D eigenvalue weighted by Crippen LogP contribution is 2.21. The largest absolute Gasteiger partial charge is 0.310 e. The number of hydrogen-bond acceptors (Lipinski definition) is 5. The van der Waals surface area contributed by atoms with Gasteiger partial charge in [0.2, 0.25) is 17.8 Å². The van der Waals surface area contributed by atoms with Gasteiger partial charge in [0.25, 0.3) is 0 Å². The molecule has 2 N–H and O–H groups in total. The SMILES string of the molecule is CCn1c(NC(=O)Cc2csc(NC(=O)C(C)C)n2)nc2cc(C)ccc21. The van der Waals surface area contributed by atoms with Crippen molar-refractivity contribution in [2.24, 2.45) is 5.92 Å². The second kappa shape index (κ2) is 7.87. The van der Waals surface area contributed by atoms with Crippen molar-refractivity contribution >= 4 is 45.3 Å². The van der Waals surface area contributed by atoms with Crippen LogP contribution in [0.4, 0.5) is 11.1 Å². The summed E-state index contributed by atoms with van der Waals surface area (Å²) in [7, 11) is 0. The third kappa shape index (κ3) is 4.33. The third-order valence-electron chi connectivity index (χ3n) is 4.12. The molecule has 0 aliphatic carbocycles. The fourth-order valence-corrected chi connectivity index (χ4v) is 3.40. The van der Waals surface area contributed by atoms with Gasteiger partial charge in [-0.3, -0.25) is 14.9 Å². The lowest BCUT2D eigenvalue weighted by molar-refractivity contribution is -0.119. The zero-order valence-electron chi connectivity index (χ0n) is 15.9. The van der Waals surface area contributed by atoms with Crippen LogP contribution in [0.3, 0.4) is 0 Å². The summed E-state index contributed by atoms with van der Waals surface area (Å²) in [5.74, 6) is 0.133. The van der Waals surface area contributed by atoms with Crippen LogP contribution in [0.1, 0.15) is 32.0 Å². The normalized spacial score (nSPS) is 11.1. The summed E-state index contributed by atoms with van der Waals surface area (Å²) in [6.07, 6.45) is 0.125.